The molecule has 0 N–H and O–H groups in total. The molecule has 11 aromatic rings. The molecule has 0 aliphatic heterocycles. The average Bonchev–Trinajstić information content (AvgIpc) is 3.77. The van der Waals surface area contributed by atoms with Gasteiger partial charge in [0.2, 0.25) is 5.71 Å². The third-order valence-corrected chi connectivity index (χ3v) is 13.7. The first kappa shape index (κ1) is 41.4. The number of aryl methyl sites for hydroxylation is 1. The van der Waals surface area contributed by atoms with Crippen LogP contribution < -0.4 is 0 Å². The van der Waals surface area contributed by atoms with Crippen LogP contribution in [-0.4, -0.2) is 19.9 Å². The van der Waals surface area contributed by atoms with Gasteiger partial charge in [-0.2, -0.15) is 0 Å². The van der Waals surface area contributed by atoms with Crippen molar-refractivity contribution in [3.63, 3.8) is 0 Å². The van der Waals surface area contributed by atoms with Crippen LogP contribution in [-0.2, 0) is 10.8 Å². The fraction of sp³-hybridized carbons (Fsp3) is 0.0968. The lowest BCUT2D eigenvalue weighted by atomic mass is 9.71. The zero-order valence-electron chi connectivity index (χ0n) is 38.0. The van der Waals surface area contributed by atoms with Crippen molar-refractivity contribution < 1.29 is 4.42 Å². The summed E-state index contributed by atoms with van der Waals surface area (Å²) in [5.74, 6) is 0. The minimum Gasteiger partial charge on any atom is -0.437 e. The molecule has 5 aromatic heterocycles. The Morgan fingerprint density at radius 1 is 0.403 bits per heavy atom. The molecule has 0 saturated carbocycles. The second-order valence-electron chi connectivity index (χ2n) is 17.8. The van der Waals surface area contributed by atoms with E-state index in [0.717, 1.165) is 94.9 Å². The SMILES string of the molecule is Cc1ccc2c(n1)oc1c(-c3cc(-c4ccccc4)c(C)c(C(C)(c4ccccc4)c4ccccn4)n3)cc(C(C)(c3cccc(-c4ccc(-c5ccccc5)cc4)c3)c3ccccn3)cc12. The smallest absolute Gasteiger partial charge is 0.227 e. The lowest BCUT2D eigenvalue weighted by Crippen LogP contribution is -2.29. The average molecular weight is 865 g/mol. The number of fused-ring (bicyclic) bond motifs is 3. The Morgan fingerprint density at radius 3 is 1.63 bits per heavy atom. The minimum absolute atomic E-state index is 0.590. The fourth-order valence-electron chi connectivity index (χ4n) is 9.93. The standard InChI is InChI=1S/C62H48N4O/c1-41-29-34-51-53-38-50(61(3,56-27-14-16-35-63-56)49-26-18-23-47(37-49)45-32-30-44(31-33-45)43-19-8-5-9-20-43)39-54(58(53)67-60(51)65-41)55-40-52(46-21-10-6-11-22-46)42(2)59(66-55)62(4,48-24-12-7-13-25-48)57-28-15-17-36-64-57/h5-40H,1-4H3. The summed E-state index contributed by atoms with van der Waals surface area (Å²) >= 11 is 0. The normalized spacial score (nSPS) is 13.3. The summed E-state index contributed by atoms with van der Waals surface area (Å²) in [6.45, 7) is 8.73. The van der Waals surface area contributed by atoms with Gasteiger partial charge in [-0.1, -0.05) is 146 Å². The van der Waals surface area contributed by atoms with E-state index in [1.54, 1.807) is 0 Å². The van der Waals surface area contributed by atoms with E-state index in [4.69, 9.17) is 24.4 Å². The van der Waals surface area contributed by atoms with Gasteiger partial charge < -0.3 is 4.42 Å². The Balaban J connectivity index is 1.18. The van der Waals surface area contributed by atoms with Gasteiger partial charge in [-0.05, 0) is 144 Å². The predicted molar refractivity (Wildman–Crippen MR) is 273 cm³/mol. The van der Waals surface area contributed by atoms with Crippen LogP contribution >= 0.6 is 0 Å². The van der Waals surface area contributed by atoms with Crippen LogP contribution in [0.5, 0.6) is 0 Å². The van der Waals surface area contributed by atoms with Crippen molar-refractivity contribution >= 4 is 22.1 Å². The summed E-state index contributed by atoms with van der Waals surface area (Å²) in [6, 6.07) is 72.8. The number of aromatic nitrogens is 4. The molecule has 0 spiro atoms. The maximum absolute atomic E-state index is 6.91. The molecule has 11 rings (SSSR count). The van der Waals surface area contributed by atoms with Crippen LogP contribution in [0.2, 0.25) is 0 Å². The van der Waals surface area contributed by atoms with Crippen molar-refractivity contribution in [2.24, 2.45) is 0 Å². The van der Waals surface area contributed by atoms with E-state index in [0.29, 0.717) is 5.71 Å². The maximum atomic E-state index is 6.91. The summed E-state index contributed by atoms with van der Waals surface area (Å²) in [5.41, 5.74) is 16.3. The molecule has 2 unspecified atom stereocenters. The predicted octanol–water partition coefficient (Wildman–Crippen LogP) is 15.2. The van der Waals surface area contributed by atoms with E-state index < -0.39 is 10.8 Å². The van der Waals surface area contributed by atoms with Crippen LogP contribution in [0.3, 0.4) is 0 Å². The summed E-state index contributed by atoms with van der Waals surface area (Å²) in [6.07, 6.45) is 3.76. The van der Waals surface area contributed by atoms with Crippen molar-refractivity contribution in [3.05, 3.63) is 264 Å². The van der Waals surface area contributed by atoms with Crippen molar-refractivity contribution in [2.45, 2.75) is 38.5 Å². The van der Waals surface area contributed by atoms with Gasteiger partial charge in [0.15, 0.2) is 0 Å². The number of pyridine rings is 4. The van der Waals surface area contributed by atoms with Crippen LogP contribution in [0, 0.1) is 13.8 Å². The third-order valence-electron chi connectivity index (χ3n) is 13.7. The Morgan fingerprint density at radius 2 is 0.970 bits per heavy atom. The van der Waals surface area contributed by atoms with E-state index in [2.05, 4.69) is 215 Å². The Bertz CT molecular complexity index is 3500. The quantitative estimate of drug-likeness (QED) is 0.137. The number of nitrogens with zero attached hydrogens (tertiary/aromatic N) is 4. The van der Waals surface area contributed by atoms with Crippen molar-refractivity contribution in [3.8, 4) is 44.6 Å². The van der Waals surface area contributed by atoms with Gasteiger partial charge in [-0.15, -0.1) is 0 Å². The summed E-state index contributed by atoms with van der Waals surface area (Å²) < 4.78 is 6.91. The first-order valence-corrected chi connectivity index (χ1v) is 22.9. The van der Waals surface area contributed by atoms with E-state index in [1.807, 2.05) is 31.5 Å². The molecule has 2 atom stereocenters. The topological polar surface area (TPSA) is 64.7 Å². The highest BCUT2D eigenvalue weighted by molar-refractivity contribution is 6.09. The molecule has 0 aliphatic rings. The molecule has 0 saturated heterocycles. The molecule has 5 nitrogen and oxygen atoms in total. The van der Waals surface area contributed by atoms with Gasteiger partial charge in [-0.3, -0.25) is 15.0 Å². The van der Waals surface area contributed by atoms with E-state index in [1.165, 1.54) is 11.1 Å². The molecule has 0 amide bonds. The van der Waals surface area contributed by atoms with Gasteiger partial charge in [0.05, 0.1) is 33.6 Å². The number of furan rings is 1. The number of rotatable bonds is 10. The molecule has 322 valence electrons. The largest absolute Gasteiger partial charge is 0.437 e. The Labute approximate surface area is 391 Å². The van der Waals surface area contributed by atoms with Crippen molar-refractivity contribution in [2.75, 3.05) is 0 Å². The van der Waals surface area contributed by atoms with E-state index in [-0.39, 0.29) is 0 Å². The zero-order valence-corrected chi connectivity index (χ0v) is 38.0. The molecule has 0 radical (unpaired) electrons. The number of hydrogen-bond acceptors (Lipinski definition) is 5. The Kier molecular flexibility index (Phi) is 10.5. The molecule has 5 heteroatoms. The summed E-state index contributed by atoms with van der Waals surface area (Å²) in [4.78, 5) is 20.9. The Hall–Kier alpha value is -8.28. The molecule has 0 aliphatic carbocycles. The van der Waals surface area contributed by atoms with E-state index in [9.17, 15) is 0 Å². The zero-order chi connectivity index (χ0) is 45.5. The molecular formula is C62H48N4O. The second-order valence-corrected chi connectivity index (χ2v) is 17.8. The van der Waals surface area contributed by atoms with Gasteiger partial charge in [0.1, 0.15) is 5.58 Å². The van der Waals surface area contributed by atoms with Crippen LogP contribution in [0.25, 0.3) is 66.7 Å². The number of benzene rings is 6. The maximum Gasteiger partial charge on any atom is 0.227 e. The van der Waals surface area contributed by atoms with Crippen LogP contribution in [0.15, 0.2) is 223 Å². The molecule has 5 heterocycles. The first-order chi connectivity index (χ1) is 32.8. The van der Waals surface area contributed by atoms with Crippen molar-refractivity contribution in [1.82, 2.24) is 19.9 Å². The van der Waals surface area contributed by atoms with Gasteiger partial charge in [-0.25, -0.2) is 4.98 Å². The van der Waals surface area contributed by atoms with Gasteiger partial charge >= 0.3 is 0 Å². The molecule has 0 bridgehead atoms. The van der Waals surface area contributed by atoms with Crippen LogP contribution in [0.4, 0.5) is 0 Å². The third kappa shape index (κ3) is 7.30. The highest BCUT2D eigenvalue weighted by atomic mass is 16.3. The highest BCUT2D eigenvalue weighted by Gasteiger charge is 2.38. The fourth-order valence-corrected chi connectivity index (χ4v) is 9.93. The molecule has 0 fully saturated rings. The van der Waals surface area contributed by atoms with E-state index >= 15 is 0 Å². The summed E-state index contributed by atoms with van der Waals surface area (Å²) in [7, 11) is 0. The molecule has 6 aromatic carbocycles. The lowest BCUT2D eigenvalue weighted by Gasteiger charge is -2.33. The van der Waals surface area contributed by atoms with Gasteiger partial charge in [0.25, 0.3) is 0 Å². The molecule has 67 heavy (non-hydrogen) atoms. The second kappa shape index (κ2) is 16.9. The summed E-state index contributed by atoms with van der Waals surface area (Å²) in [5, 5.41) is 1.91. The van der Waals surface area contributed by atoms with Gasteiger partial charge in [0, 0.05) is 34.4 Å². The van der Waals surface area contributed by atoms with Crippen LogP contribution in [0.1, 0.15) is 58.9 Å². The number of hydrogen-bond donors (Lipinski definition) is 0. The highest BCUT2D eigenvalue weighted by Crippen LogP contribution is 2.47. The monoisotopic (exact) mass is 864 g/mol. The first-order valence-electron chi connectivity index (χ1n) is 22.9. The lowest BCUT2D eigenvalue weighted by molar-refractivity contribution is 0.635. The van der Waals surface area contributed by atoms with Crippen molar-refractivity contribution in [1.29, 1.82) is 0 Å². The molecular weight excluding hydrogens is 817 g/mol. The minimum atomic E-state index is -0.728.